The third-order valence-electron chi connectivity index (χ3n) is 1.91. The van der Waals surface area contributed by atoms with E-state index in [0.717, 1.165) is 32.5 Å². The quantitative estimate of drug-likeness (QED) is 0.632. The van der Waals surface area contributed by atoms with E-state index in [1.165, 1.54) is 0 Å². The zero-order valence-electron chi connectivity index (χ0n) is 7.55. The highest BCUT2D eigenvalue weighted by molar-refractivity contribution is 5.76. The van der Waals surface area contributed by atoms with Gasteiger partial charge in [0.1, 0.15) is 0 Å². The number of carbonyl (C=O) groups excluding carboxylic acids is 1. The molecule has 0 aliphatic carbocycles. The van der Waals surface area contributed by atoms with E-state index in [4.69, 9.17) is 0 Å². The maximum atomic E-state index is 11.0. The van der Waals surface area contributed by atoms with Gasteiger partial charge in [-0.25, -0.2) is 4.79 Å². The molecule has 1 aliphatic rings. The predicted molar refractivity (Wildman–Crippen MR) is 49.0 cm³/mol. The minimum absolute atomic E-state index is 0.0832. The molecule has 1 heterocycles. The van der Waals surface area contributed by atoms with E-state index in [-0.39, 0.29) is 6.03 Å². The number of nitrogens with one attached hydrogen (secondary N) is 1. The topological polar surface area (TPSA) is 32.3 Å². The van der Waals surface area contributed by atoms with Crippen LogP contribution < -0.4 is 5.32 Å². The molecular weight excluding hydrogens is 152 g/mol. The van der Waals surface area contributed by atoms with Crippen LogP contribution in [0, 0.1) is 0 Å². The molecular formula is C9H16N2O. The summed E-state index contributed by atoms with van der Waals surface area (Å²) >= 11 is 0. The van der Waals surface area contributed by atoms with Crippen LogP contribution in [0.4, 0.5) is 4.79 Å². The smallest absolute Gasteiger partial charge is 0.317 e. The highest BCUT2D eigenvalue weighted by atomic mass is 16.2. The minimum Gasteiger partial charge on any atom is -0.336 e. The third kappa shape index (κ3) is 2.57. The lowest BCUT2D eigenvalue weighted by atomic mass is 10.3. The van der Waals surface area contributed by atoms with Crippen molar-refractivity contribution in [2.75, 3.05) is 19.6 Å². The van der Waals surface area contributed by atoms with Crippen molar-refractivity contribution in [3.8, 4) is 0 Å². The lowest BCUT2D eigenvalue weighted by molar-refractivity contribution is 0.218. The van der Waals surface area contributed by atoms with E-state index in [1.807, 2.05) is 4.90 Å². The zero-order valence-corrected chi connectivity index (χ0v) is 7.55. The number of nitrogens with zero attached hydrogens (tertiary/aromatic N) is 1. The van der Waals surface area contributed by atoms with E-state index >= 15 is 0 Å². The first-order valence-corrected chi connectivity index (χ1v) is 4.52. The fourth-order valence-electron chi connectivity index (χ4n) is 1.24. The van der Waals surface area contributed by atoms with Gasteiger partial charge in [-0.1, -0.05) is 19.1 Å². The molecule has 1 saturated heterocycles. The van der Waals surface area contributed by atoms with Gasteiger partial charge in [0.15, 0.2) is 0 Å². The summed E-state index contributed by atoms with van der Waals surface area (Å²) < 4.78 is 0. The Kier molecular flexibility index (Phi) is 3.64. The fraction of sp³-hybridized carbons (Fsp3) is 0.667. The van der Waals surface area contributed by atoms with Crippen LogP contribution in [-0.2, 0) is 0 Å². The average molecular weight is 168 g/mol. The van der Waals surface area contributed by atoms with Gasteiger partial charge >= 0.3 is 6.03 Å². The normalized spacial score (nSPS) is 17.4. The number of hydrogen-bond donors (Lipinski definition) is 1. The molecule has 3 heteroatoms. The van der Waals surface area contributed by atoms with Gasteiger partial charge in [0.2, 0.25) is 0 Å². The molecule has 1 fully saturated rings. The second kappa shape index (κ2) is 4.80. The van der Waals surface area contributed by atoms with Gasteiger partial charge in [0, 0.05) is 19.6 Å². The lowest BCUT2D eigenvalue weighted by Crippen LogP contribution is -2.28. The van der Waals surface area contributed by atoms with Gasteiger partial charge in [-0.3, -0.25) is 0 Å². The molecule has 0 spiro atoms. The number of hydrogen-bond acceptors (Lipinski definition) is 1. The van der Waals surface area contributed by atoms with Gasteiger partial charge < -0.3 is 10.2 Å². The van der Waals surface area contributed by atoms with Crippen LogP contribution in [0.25, 0.3) is 0 Å². The first-order chi connectivity index (χ1) is 5.84. The summed E-state index contributed by atoms with van der Waals surface area (Å²) in [5, 5.41) is 2.77. The van der Waals surface area contributed by atoms with Crippen molar-refractivity contribution in [3.63, 3.8) is 0 Å². The van der Waals surface area contributed by atoms with E-state index < -0.39 is 0 Å². The van der Waals surface area contributed by atoms with Gasteiger partial charge in [-0.2, -0.15) is 0 Å². The lowest BCUT2D eigenvalue weighted by Gasteiger charge is -2.11. The Morgan fingerprint density at radius 2 is 2.42 bits per heavy atom. The fourth-order valence-corrected chi connectivity index (χ4v) is 1.24. The van der Waals surface area contributed by atoms with Crippen molar-refractivity contribution >= 4 is 6.03 Å². The average Bonchev–Trinajstić information content (AvgIpc) is 2.46. The van der Waals surface area contributed by atoms with Crippen molar-refractivity contribution < 1.29 is 4.79 Å². The van der Waals surface area contributed by atoms with Gasteiger partial charge in [0.25, 0.3) is 0 Å². The van der Waals surface area contributed by atoms with Crippen LogP contribution in [-0.4, -0.2) is 30.6 Å². The molecule has 0 bridgehead atoms. The highest BCUT2D eigenvalue weighted by Gasteiger charge is 2.17. The Hall–Kier alpha value is -0.990. The Morgan fingerprint density at radius 3 is 3.00 bits per heavy atom. The third-order valence-corrected chi connectivity index (χ3v) is 1.91. The molecule has 0 aromatic rings. The van der Waals surface area contributed by atoms with Gasteiger partial charge in [0.05, 0.1) is 0 Å². The summed E-state index contributed by atoms with van der Waals surface area (Å²) in [6, 6.07) is 0.0832. The van der Waals surface area contributed by atoms with Crippen molar-refractivity contribution in [3.05, 3.63) is 12.2 Å². The number of carbonyl (C=O) groups is 1. The Bertz CT molecular complexity index is 177. The zero-order chi connectivity index (χ0) is 8.81. The van der Waals surface area contributed by atoms with E-state index in [0.29, 0.717) is 0 Å². The molecule has 68 valence electrons. The molecule has 0 aromatic carbocycles. The first-order valence-electron chi connectivity index (χ1n) is 4.52. The summed E-state index contributed by atoms with van der Waals surface area (Å²) in [6.45, 7) is 4.62. The van der Waals surface area contributed by atoms with Crippen LogP contribution in [0.1, 0.15) is 19.8 Å². The van der Waals surface area contributed by atoms with Crippen molar-refractivity contribution in [2.45, 2.75) is 19.8 Å². The number of rotatable bonds is 4. The maximum Gasteiger partial charge on any atom is 0.317 e. The summed E-state index contributed by atoms with van der Waals surface area (Å²) in [7, 11) is 0. The van der Waals surface area contributed by atoms with Crippen LogP contribution in [0.15, 0.2) is 12.2 Å². The molecule has 0 unspecified atom stereocenters. The molecule has 0 atom stereocenters. The minimum atomic E-state index is 0.0832. The molecule has 2 amide bonds. The van der Waals surface area contributed by atoms with E-state index in [1.54, 1.807) is 0 Å². The Labute approximate surface area is 73.4 Å². The molecule has 1 N–H and O–H groups in total. The van der Waals surface area contributed by atoms with Crippen LogP contribution in [0.5, 0.6) is 0 Å². The number of urea groups is 1. The number of allylic oxidation sites excluding steroid dienone is 1. The summed E-state index contributed by atoms with van der Waals surface area (Å²) in [5.41, 5.74) is 0. The van der Waals surface area contributed by atoms with Gasteiger partial charge in [-0.15, -0.1) is 0 Å². The largest absolute Gasteiger partial charge is 0.336 e. The molecule has 0 aromatic heterocycles. The number of amides is 2. The molecule has 1 aliphatic heterocycles. The molecule has 0 radical (unpaired) electrons. The molecule has 1 rings (SSSR count). The second-order valence-electron chi connectivity index (χ2n) is 2.89. The van der Waals surface area contributed by atoms with Crippen LogP contribution in [0.3, 0.4) is 0 Å². The molecule has 3 nitrogen and oxygen atoms in total. The Morgan fingerprint density at radius 1 is 1.58 bits per heavy atom. The van der Waals surface area contributed by atoms with Crippen molar-refractivity contribution in [2.24, 2.45) is 0 Å². The Balaban J connectivity index is 2.14. The highest BCUT2D eigenvalue weighted by Crippen LogP contribution is 1.98. The van der Waals surface area contributed by atoms with E-state index in [2.05, 4.69) is 24.4 Å². The summed E-state index contributed by atoms with van der Waals surface area (Å²) in [6.07, 6.45) is 6.31. The summed E-state index contributed by atoms with van der Waals surface area (Å²) in [4.78, 5) is 12.9. The standard InChI is InChI=1S/C9H16N2O/c1-2-3-4-5-7-11-8-6-10-9(11)12/h3-4H,2,5-8H2,1H3,(H,10,12). The van der Waals surface area contributed by atoms with Gasteiger partial charge in [-0.05, 0) is 12.8 Å². The molecule has 0 saturated carbocycles. The van der Waals surface area contributed by atoms with Crippen molar-refractivity contribution in [1.82, 2.24) is 10.2 Å². The van der Waals surface area contributed by atoms with Crippen LogP contribution in [0.2, 0.25) is 0 Å². The van der Waals surface area contributed by atoms with Crippen molar-refractivity contribution in [1.29, 1.82) is 0 Å². The second-order valence-corrected chi connectivity index (χ2v) is 2.89. The maximum absolute atomic E-state index is 11.0. The molecule has 12 heavy (non-hydrogen) atoms. The monoisotopic (exact) mass is 168 g/mol. The first kappa shape index (κ1) is 9.10. The van der Waals surface area contributed by atoms with E-state index in [9.17, 15) is 4.79 Å². The predicted octanol–water partition coefficient (Wildman–Crippen LogP) is 1.37. The van der Waals surface area contributed by atoms with Crippen LogP contribution >= 0.6 is 0 Å². The summed E-state index contributed by atoms with van der Waals surface area (Å²) in [5.74, 6) is 0. The SMILES string of the molecule is CCC=CCCN1CCNC1=O.